The highest BCUT2D eigenvalue weighted by Gasteiger charge is 2.19. The van der Waals surface area contributed by atoms with Crippen molar-refractivity contribution in [2.24, 2.45) is 5.10 Å². The fraction of sp³-hybridized carbons (Fsp3) is 0.278. The molecule has 1 N–H and O–H groups in total. The van der Waals surface area contributed by atoms with Crippen molar-refractivity contribution in [1.29, 1.82) is 0 Å². The summed E-state index contributed by atoms with van der Waals surface area (Å²) in [5.41, 5.74) is 4.54. The van der Waals surface area contributed by atoms with Gasteiger partial charge in [0.2, 0.25) is 0 Å². The molecule has 0 aliphatic carbocycles. The molecule has 1 fully saturated rings. The number of anilines is 2. The van der Waals surface area contributed by atoms with Crippen LogP contribution in [-0.4, -0.2) is 41.9 Å². The van der Waals surface area contributed by atoms with Crippen LogP contribution in [-0.2, 0) is 4.74 Å². The van der Waals surface area contributed by atoms with Gasteiger partial charge in [0.25, 0.3) is 5.69 Å². The second-order valence-corrected chi connectivity index (χ2v) is 6.17. The van der Waals surface area contributed by atoms with Crippen LogP contribution in [0.4, 0.5) is 22.7 Å². The summed E-state index contributed by atoms with van der Waals surface area (Å²) in [6.07, 6.45) is 0. The third kappa shape index (κ3) is 4.41. The Kier molecular flexibility index (Phi) is 5.80. The van der Waals surface area contributed by atoms with E-state index in [1.165, 1.54) is 12.1 Å². The van der Waals surface area contributed by atoms with E-state index >= 15 is 0 Å². The number of nitro groups is 2. The Morgan fingerprint density at radius 2 is 1.75 bits per heavy atom. The minimum absolute atomic E-state index is 0.0832. The lowest BCUT2D eigenvalue weighted by Crippen LogP contribution is -2.36. The number of hydrazone groups is 1. The molecule has 1 heterocycles. The van der Waals surface area contributed by atoms with E-state index in [4.69, 9.17) is 4.74 Å². The van der Waals surface area contributed by atoms with Gasteiger partial charge in [-0.1, -0.05) is 12.1 Å². The average Bonchev–Trinajstić information content (AvgIpc) is 2.72. The third-order valence-electron chi connectivity index (χ3n) is 4.39. The Morgan fingerprint density at radius 3 is 2.36 bits per heavy atom. The molecule has 0 saturated carbocycles. The Morgan fingerprint density at radius 1 is 1.07 bits per heavy atom. The normalized spacial score (nSPS) is 14.6. The Balaban J connectivity index is 1.75. The second-order valence-electron chi connectivity index (χ2n) is 6.17. The summed E-state index contributed by atoms with van der Waals surface area (Å²) in [5, 5.41) is 26.2. The van der Waals surface area contributed by atoms with Crippen LogP contribution < -0.4 is 10.3 Å². The van der Waals surface area contributed by atoms with Gasteiger partial charge < -0.3 is 9.64 Å². The molecule has 2 aromatic rings. The number of hydrogen-bond acceptors (Lipinski definition) is 8. The van der Waals surface area contributed by atoms with Gasteiger partial charge in [0.05, 0.1) is 34.8 Å². The van der Waals surface area contributed by atoms with Crippen molar-refractivity contribution in [1.82, 2.24) is 0 Å². The zero-order valence-corrected chi connectivity index (χ0v) is 15.2. The Hall–Kier alpha value is -3.53. The maximum atomic E-state index is 11.2. The smallest absolute Gasteiger partial charge is 0.301 e. The minimum Gasteiger partial charge on any atom is -0.378 e. The molecular weight excluding hydrogens is 366 g/mol. The summed E-state index contributed by atoms with van der Waals surface area (Å²) >= 11 is 0. The molecule has 0 radical (unpaired) electrons. The quantitative estimate of drug-likeness (QED) is 0.460. The van der Waals surface area contributed by atoms with E-state index in [0.717, 1.165) is 30.4 Å². The van der Waals surface area contributed by atoms with Crippen molar-refractivity contribution < 1.29 is 14.6 Å². The number of nitrogens with zero attached hydrogens (tertiary/aromatic N) is 4. The van der Waals surface area contributed by atoms with Crippen molar-refractivity contribution in [2.75, 3.05) is 36.6 Å². The fourth-order valence-electron chi connectivity index (χ4n) is 2.82. The molecule has 1 saturated heterocycles. The molecule has 28 heavy (non-hydrogen) atoms. The molecule has 0 bridgehead atoms. The van der Waals surface area contributed by atoms with Gasteiger partial charge in [0, 0.05) is 24.8 Å². The Labute approximate surface area is 160 Å². The van der Waals surface area contributed by atoms with Gasteiger partial charge in [-0.25, -0.2) is 0 Å². The summed E-state index contributed by atoms with van der Waals surface area (Å²) in [6, 6.07) is 11.2. The van der Waals surface area contributed by atoms with Crippen molar-refractivity contribution in [3.63, 3.8) is 0 Å². The van der Waals surface area contributed by atoms with E-state index < -0.39 is 15.5 Å². The second kappa shape index (κ2) is 8.44. The molecule has 2 aromatic carbocycles. The van der Waals surface area contributed by atoms with Crippen molar-refractivity contribution in [3.8, 4) is 0 Å². The van der Waals surface area contributed by atoms with E-state index in [9.17, 15) is 20.2 Å². The first-order chi connectivity index (χ1) is 13.5. The molecule has 1 aliphatic rings. The molecule has 1 aliphatic heterocycles. The van der Waals surface area contributed by atoms with Crippen molar-refractivity contribution in [3.05, 3.63) is 68.3 Å². The number of morpholine rings is 1. The predicted molar refractivity (Wildman–Crippen MR) is 105 cm³/mol. The predicted octanol–water partition coefficient (Wildman–Crippen LogP) is 3.18. The summed E-state index contributed by atoms with van der Waals surface area (Å²) in [6.45, 7) is 4.88. The van der Waals surface area contributed by atoms with Crippen LogP contribution >= 0.6 is 0 Å². The first-order valence-corrected chi connectivity index (χ1v) is 8.62. The maximum absolute atomic E-state index is 11.2. The summed E-state index contributed by atoms with van der Waals surface area (Å²) in [4.78, 5) is 22.9. The van der Waals surface area contributed by atoms with Crippen LogP contribution in [0.3, 0.4) is 0 Å². The highest BCUT2D eigenvalue weighted by atomic mass is 16.6. The van der Waals surface area contributed by atoms with E-state index in [0.29, 0.717) is 18.9 Å². The van der Waals surface area contributed by atoms with Crippen LogP contribution in [0.15, 0.2) is 47.6 Å². The van der Waals surface area contributed by atoms with Gasteiger partial charge in [0.1, 0.15) is 5.69 Å². The Bertz CT molecular complexity index is 907. The van der Waals surface area contributed by atoms with E-state index in [2.05, 4.69) is 15.4 Å². The van der Waals surface area contributed by atoms with Crippen LogP contribution in [0.1, 0.15) is 12.5 Å². The standard InChI is InChI=1S/C18H19N5O5/c1-13(14-2-4-15(5-3-14)21-8-10-28-11-9-21)19-20-17-7-6-16(22(24)25)12-18(17)23(26)27/h2-7,12,20H,8-11H2,1H3. The number of benzene rings is 2. The van der Waals surface area contributed by atoms with Gasteiger partial charge in [0.15, 0.2) is 0 Å². The van der Waals surface area contributed by atoms with E-state index in [1.54, 1.807) is 6.92 Å². The lowest BCUT2D eigenvalue weighted by atomic mass is 10.1. The van der Waals surface area contributed by atoms with Crippen LogP contribution in [0.2, 0.25) is 0 Å². The number of hydrogen-bond donors (Lipinski definition) is 1. The molecule has 0 aromatic heterocycles. The molecule has 10 heteroatoms. The minimum atomic E-state index is -0.683. The van der Waals surface area contributed by atoms with Gasteiger partial charge in [-0.15, -0.1) is 0 Å². The van der Waals surface area contributed by atoms with Gasteiger partial charge in [-0.3, -0.25) is 25.7 Å². The van der Waals surface area contributed by atoms with Gasteiger partial charge in [-0.2, -0.15) is 5.10 Å². The number of nitrogens with one attached hydrogen (secondary N) is 1. The lowest BCUT2D eigenvalue weighted by molar-refractivity contribution is -0.393. The van der Waals surface area contributed by atoms with E-state index in [-0.39, 0.29) is 11.4 Å². The molecule has 146 valence electrons. The maximum Gasteiger partial charge on any atom is 0.301 e. The third-order valence-corrected chi connectivity index (χ3v) is 4.39. The van der Waals surface area contributed by atoms with Crippen LogP contribution in [0, 0.1) is 20.2 Å². The first-order valence-electron chi connectivity index (χ1n) is 8.62. The monoisotopic (exact) mass is 385 g/mol. The summed E-state index contributed by atoms with van der Waals surface area (Å²) in [5.74, 6) is 0. The highest BCUT2D eigenvalue weighted by Crippen LogP contribution is 2.29. The SMILES string of the molecule is CC(=NNc1ccc([N+](=O)[O-])cc1[N+](=O)[O-])c1ccc(N2CCOCC2)cc1. The van der Waals surface area contributed by atoms with Gasteiger partial charge in [-0.05, 0) is 30.7 Å². The number of rotatable bonds is 6. The highest BCUT2D eigenvalue weighted by molar-refractivity contribution is 5.99. The summed E-state index contributed by atoms with van der Waals surface area (Å²) < 4.78 is 5.35. The van der Waals surface area contributed by atoms with Crippen molar-refractivity contribution in [2.45, 2.75) is 6.92 Å². The average molecular weight is 385 g/mol. The zero-order chi connectivity index (χ0) is 20.1. The number of nitro benzene ring substituents is 2. The molecule has 10 nitrogen and oxygen atoms in total. The molecule has 3 rings (SSSR count). The molecule has 0 atom stereocenters. The first kappa shape index (κ1) is 19.2. The van der Waals surface area contributed by atoms with Gasteiger partial charge >= 0.3 is 5.69 Å². The molecule has 0 unspecified atom stereocenters. The summed E-state index contributed by atoms with van der Waals surface area (Å²) in [7, 11) is 0. The molecular formula is C18H19N5O5. The fourth-order valence-corrected chi connectivity index (χ4v) is 2.82. The van der Waals surface area contributed by atoms with Crippen LogP contribution in [0.5, 0.6) is 0 Å². The van der Waals surface area contributed by atoms with E-state index in [1.807, 2.05) is 24.3 Å². The number of non-ortho nitro benzene ring substituents is 1. The zero-order valence-electron chi connectivity index (χ0n) is 15.2. The lowest BCUT2D eigenvalue weighted by Gasteiger charge is -2.28. The largest absolute Gasteiger partial charge is 0.378 e. The number of ether oxygens (including phenoxy) is 1. The van der Waals surface area contributed by atoms with Crippen molar-refractivity contribution >= 4 is 28.5 Å². The molecule has 0 amide bonds. The van der Waals surface area contributed by atoms with Crippen LogP contribution in [0.25, 0.3) is 0 Å². The molecule has 0 spiro atoms. The topological polar surface area (TPSA) is 123 Å².